The van der Waals surface area contributed by atoms with E-state index in [1.165, 1.54) is 10.9 Å². The molecule has 0 radical (unpaired) electrons. The second kappa shape index (κ2) is 7.43. The molecule has 4 rings (SSSR count). The third kappa shape index (κ3) is 3.36. The lowest BCUT2D eigenvalue weighted by molar-refractivity contribution is 0.0741. The van der Waals surface area contributed by atoms with E-state index in [2.05, 4.69) is 20.1 Å². The Hall–Kier alpha value is -3.20. The molecule has 0 bridgehead atoms. The smallest absolute Gasteiger partial charge is 0.274 e. The van der Waals surface area contributed by atoms with Gasteiger partial charge >= 0.3 is 0 Å². The van der Waals surface area contributed by atoms with E-state index >= 15 is 0 Å². The van der Waals surface area contributed by atoms with Crippen LogP contribution in [0.25, 0.3) is 10.9 Å². The number of hydrogen-bond acceptors (Lipinski definition) is 6. The fourth-order valence-corrected chi connectivity index (χ4v) is 3.47. The van der Waals surface area contributed by atoms with Crippen molar-refractivity contribution < 1.29 is 9.90 Å². The Morgan fingerprint density at radius 1 is 1.21 bits per heavy atom. The van der Waals surface area contributed by atoms with Crippen molar-refractivity contribution in [2.45, 2.75) is 13.5 Å². The van der Waals surface area contributed by atoms with Crippen LogP contribution in [0, 0.1) is 6.92 Å². The van der Waals surface area contributed by atoms with Gasteiger partial charge in [0.05, 0.1) is 30.4 Å². The Labute approximate surface area is 161 Å². The van der Waals surface area contributed by atoms with Crippen molar-refractivity contribution in [1.29, 1.82) is 0 Å². The molecule has 28 heavy (non-hydrogen) atoms. The number of aliphatic hydroxyl groups is 1. The number of H-pyrrole nitrogens is 1. The molecule has 2 aromatic heterocycles. The van der Waals surface area contributed by atoms with Gasteiger partial charge in [0.15, 0.2) is 0 Å². The van der Waals surface area contributed by atoms with Gasteiger partial charge in [-0.1, -0.05) is 0 Å². The zero-order valence-electron chi connectivity index (χ0n) is 15.6. The van der Waals surface area contributed by atoms with Crippen LogP contribution in [0.4, 0.5) is 5.69 Å². The van der Waals surface area contributed by atoms with E-state index in [9.17, 15) is 9.59 Å². The molecule has 1 amide bonds. The minimum absolute atomic E-state index is 0.0615. The zero-order chi connectivity index (χ0) is 19.7. The number of anilines is 1. The Morgan fingerprint density at radius 3 is 2.68 bits per heavy atom. The highest BCUT2D eigenvalue weighted by Crippen LogP contribution is 2.21. The first-order chi connectivity index (χ1) is 13.6. The number of piperazine rings is 1. The molecular formula is C19H22N6O3. The largest absolute Gasteiger partial charge is 0.395 e. The lowest BCUT2D eigenvalue weighted by Crippen LogP contribution is -2.48. The predicted molar refractivity (Wildman–Crippen MR) is 105 cm³/mol. The van der Waals surface area contributed by atoms with Gasteiger partial charge in [-0.2, -0.15) is 5.10 Å². The quantitative estimate of drug-likeness (QED) is 0.676. The van der Waals surface area contributed by atoms with E-state index in [4.69, 9.17) is 5.11 Å². The van der Waals surface area contributed by atoms with Crippen molar-refractivity contribution in [3.8, 4) is 0 Å². The monoisotopic (exact) mass is 382 g/mol. The van der Waals surface area contributed by atoms with Gasteiger partial charge in [-0.25, -0.2) is 4.98 Å². The third-order valence-corrected chi connectivity index (χ3v) is 5.01. The van der Waals surface area contributed by atoms with E-state index in [1.807, 2.05) is 19.1 Å². The normalized spacial score (nSPS) is 14.6. The lowest BCUT2D eigenvalue weighted by atomic mass is 10.2. The number of nitrogens with one attached hydrogen (secondary N) is 1. The summed E-state index contributed by atoms with van der Waals surface area (Å²) in [5.74, 6) is -0.0615. The average molecular weight is 382 g/mol. The summed E-state index contributed by atoms with van der Waals surface area (Å²) >= 11 is 0. The number of aromatic nitrogens is 4. The maximum atomic E-state index is 12.5. The Bertz CT molecular complexity index is 1060. The number of carbonyl (C=O) groups excluding carboxylic acids is 1. The van der Waals surface area contributed by atoms with Gasteiger partial charge < -0.3 is 14.9 Å². The van der Waals surface area contributed by atoms with Crippen LogP contribution in [0.5, 0.6) is 0 Å². The molecule has 3 heterocycles. The van der Waals surface area contributed by atoms with Crippen LogP contribution in [0.2, 0.25) is 0 Å². The molecule has 9 heteroatoms. The molecule has 2 N–H and O–H groups in total. The summed E-state index contributed by atoms with van der Waals surface area (Å²) in [5.41, 5.74) is 2.75. The van der Waals surface area contributed by atoms with Gasteiger partial charge in [0.25, 0.3) is 11.5 Å². The summed E-state index contributed by atoms with van der Waals surface area (Å²) in [7, 11) is 0. The minimum atomic E-state index is -0.157. The van der Waals surface area contributed by atoms with E-state index in [1.54, 1.807) is 17.0 Å². The van der Waals surface area contributed by atoms with Crippen molar-refractivity contribution in [3.63, 3.8) is 0 Å². The van der Waals surface area contributed by atoms with Gasteiger partial charge in [0.1, 0.15) is 5.69 Å². The molecule has 1 saturated heterocycles. The second-order valence-corrected chi connectivity index (χ2v) is 6.88. The highest BCUT2D eigenvalue weighted by molar-refractivity contribution is 5.92. The Kier molecular flexibility index (Phi) is 4.82. The maximum absolute atomic E-state index is 12.5. The molecule has 3 aromatic rings. The van der Waals surface area contributed by atoms with Crippen LogP contribution in [-0.4, -0.2) is 68.4 Å². The highest BCUT2D eigenvalue weighted by atomic mass is 16.3. The summed E-state index contributed by atoms with van der Waals surface area (Å²) < 4.78 is 1.41. The van der Waals surface area contributed by atoms with Gasteiger partial charge in [0, 0.05) is 37.6 Å². The minimum Gasteiger partial charge on any atom is -0.395 e. The van der Waals surface area contributed by atoms with Crippen molar-refractivity contribution in [1.82, 2.24) is 24.6 Å². The topological polar surface area (TPSA) is 107 Å². The SMILES string of the molecule is Cc1cc(C(=O)N2CCN(c3ccc4c(=O)n(CCO)cnc4c3)CC2)n[nH]1. The van der Waals surface area contributed by atoms with Crippen LogP contribution in [0.3, 0.4) is 0 Å². The number of amides is 1. The first-order valence-electron chi connectivity index (χ1n) is 9.23. The fourth-order valence-electron chi connectivity index (χ4n) is 3.47. The maximum Gasteiger partial charge on any atom is 0.274 e. The molecule has 1 aliphatic heterocycles. The summed E-state index contributed by atoms with van der Waals surface area (Å²) in [6.45, 7) is 4.60. The molecule has 146 valence electrons. The summed E-state index contributed by atoms with van der Waals surface area (Å²) in [6, 6.07) is 7.34. The van der Waals surface area contributed by atoms with Crippen LogP contribution >= 0.6 is 0 Å². The number of hydrogen-bond donors (Lipinski definition) is 2. The number of aliphatic hydroxyl groups excluding tert-OH is 1. The van der Waals surface area contributed by atoms with E-state index in [-0.39, 0.29) is 24.6 Å². The van der Waals surface area contributed by atoms with Crippen LogP contribution in [0.15, 0.2) is 35.4 Å². The highest BCUT2D eigenvalue weighted by Gasteiger charge is 2.24. The molecular weight excluding hydrogens is 360 g/mol. The number of nitrogens with zero attached hydrogens (tertiary/aromatic N) is 5. The van der Waals surface area contributed by atoms with E-state index < -0.39 is 0 Å². The van der Waals surface area contributed by atoms with Crippen LogP contribution in [0.1, 0.15) is 16.2 Å². The Balaban J connectivity index is 1.48. The zero-order valence-corrected chi connectivity index (χ0v) is 15.6. The first kappa shape index (κ1) is 18.2. The van der Waals surface area contributed by atoms with Gasteiger partial charge in [-0.05, 0) is 31.2 Å². The molecule has 1 fully saturated rings. The molecule has 0 unspecified atom stereocenters. The van der Waals surface area contributed by atoms with E-state index in [0.29, 0.717) is 42.8 Å². The fraction of sp³-hybridized carbons (Fsp3) is 0.368. The molecule has 9 nitrogen and oxygen atoms in total. The average Bonchev–Trinajstić information content (AvgIpc) is 3.16. The standard InChI is InChI=1S/C19H22N6O3/c1-13-10-17(22-21-13)19(28)24-6-4-23(5-7-24)14-2-3-15-16(11-14)20-12-25(8-9-26)18(15)27/h2-3,10-12,26H,4-9H2,1H3,(H,21,22). The van der Waals surface area contributed by atoms with Crippen molar-refractivity contribution in [2.24, 2.45) is 0 Å². The molecule has 1 aliphatic rings. The molecule has 0 saturated carbocycles. The number of fused-ring (bicyclic) bond motifs is 1. The summed E-state index contributed by atoms with van der Waals surface area (Å²) in [4.78, 5) is 33.3. The van der Waals surface area contributed by atoms with Crippen LogP contribution in [-0.2, 0) is 6.54 Å². The summed E-state index contributed by atoms with van der Waals surface area (Å²) in [5, 5.41) is 16.4. The van der Waals surface area contributed by atoms with Gasteiger partial charge in [0.2, 0.25) is 0 Å². The lowest BCUT2D eigenvalue weighted by Gasteiger charge is -2.35. The number of benzene rings is 1. The van der Waals surface area contributed by atoms with E-state index in [0.717, 1.165) is 11.4 Å². The molecule has 1 aromatic carbocycles. The number of aromatic amines is 1. The number of carbonyl (C=O) groups is 1. The molecule has 0 atom stereocenters. The van der Waals surface area contributed by atoms with Crippen molar-refractivity contribution in [3.05, 3.63) is 52.3 Å². The molecule has 0 spiro atoms. The van der Waals surface area contributed by atoms with Crippen LogP contribution < -0.4 is 10.5 Å². The van der Waals surface area contributed by atoms with Crippen molar-refractivity contribution in [2.75, 3.05) is 37.7 Å². The number of rotatable bonds is 4. The van der Waals surface area contributed by atoms with Gasteiger partial charge in [-0.3, -0.25) is 19.3 Å². The predicted octanol–water partition coefficient (Wildman–Crippen LogP) is 0.383. The Morgan fingerprint density at radius 2 is 2.00 bits per heavy atom. The van der Waals surface area contributed by atoms with Gasteiger partial charge in [-0.15, -0.1) is 0 Å². The first-order valence-corrected chi connectivity index (χ1v) is 9.23. The number of aryl methyl sites for hydroxylation is 1. The summed E-state index contributed by atoms with van der Waals surface area (Å²) in [6.07, 6.45) is 1.47. The van der Waals surface area contributed by atoms with Crippen molar-refractivity contribution >= 4 is 22.5 Å². The second-order valence-electron chi connectivity index (χ2n) is 6.88. The molecule has 0 aliphatic carbocycles. The third-order valence-electron chi connectivity index (χ3n) is 5.01.